The van der Waals surface area contributed by atoms with Gasteiger partial charge in [0.1, 0.15) is 12.7 Å². The third-order valence-corrected chi connectivity index (χ3v) is 2.73. The second-order valence-corrected chi connectivity index (χ2v) is 4.44. The second kappa shape index (κ2) is 5.62. The number of morpholine rings is 1. The highest BCUT2D eigenvalue weighted by atomic mass is 35.5. The zero-order valence-corrected chi connectivity index (χ0v) is 10.3. The molecular weight excluding hydrogens is 247 g/mol. The molecule has 0 radical (unpaired) electrons. The first-order valence-electron chi connectivity index (χ1n) is 5.39. The maximum absolute atomic E-state index is 13.4. The Labute approximate surface area is 104 Å². The molecule has 2 heterocycles. The van der Waals surface area contributed by atoms with Gasteiger partial charge in [0.15, 0.2) is 5.82 Å². The number of hydrogen-bond acceptors (Lipinski definition) is 4. The van der Waals surface area contributed by atoms with Gasteiger partial charge in [-0.05, 0) is 13.1 Å². The Balaban J connectivity index is 1.88. The number of halogens is 2. The molecule has 0 saturated carbocycles. The van der Waals surface area contributed by atoms with Crippen molar-refractivity contribution in [2.75, 3.05) is 33.4 Å². The number of likely N-dealkylation sites (N-methyl/N-ethyl adjacent to an activating group) is 1. The molecular formula is C11H14ClFN2O2. The van der Waals surface area contributed by atoms with Gasteiger partial charge < -0.3 is 14.4 Å². The van der Waals surface area contributed by atoms with E-state index in [1.165, 1.54) is 12.3 Å². The topological polar surface area (TPSA) is 34.6 Å². The summed E-state index contributed by atoms with van der Waals surface area (Å²) in [6.45, 7) is 2.64. The lowest BCUT2D eigenvalue weighted by Crippen LogP contribution is -2.42. The molecule has 0 aromatic carbocycles. The first-order valence-corrected chi connectivity index (χ1v) is 5.77. The van der Waals surface area contributed by atoms with Crippen LogP contribution in [0.25, 0.3) is 0 Å². The predicted molar refractivity (Wildman–Crippen MR) is 61.9 cm³/mol. The van der Waals surface area contributed by atoms with Crippen molar-refractivity contribution in [1.82, 2.24) is 9.88 Å². The van der Waals surface area contributed by atoms with Crippen LogP contribution < -0.4 is 4.74 Å². The van der Waals surface area contributed by atoms with Crippen LogP contribution in [0.5, 0.6) is 5.88 Å². The van der Waals surface area contributed by atoms with Crippen LogP contribution in [0.1, 0.15) is 0 Å². The number of aromatic nitrogens is 1. The normalized spacial score (nSPS) is 21.5. The third-order valence-electron chi connectivity index (χ3n) is 2.52. The summed E-state index contributed by atoms with van der Waals surface area (Å²) in [5.41, 5.74) is 0. The average molecular weight is 261 g/mol. The smallest absolute Gasteiger partial charge is 0.250 e. The summed E-state index contributed by atoms with van der Waals surface area (Å²) in [5.74, 6) is -0.590. The number of hydrogen-bond donors (Lipinski definition) is 0. The molecule has 1 aromatic rings. The Hall–Kier alpha value is -0.910. The second-order valence-electron chi connectivity index (χ2n) is 4.01. The Morgan fingerprint density at radius 2 is 2.53 bits per heavy atom. The summed E-state index contributed by atoms with van der Waals surface area (Å²) < 4.78 is 24.1. The van der Waals surface area contributed by atoms with Gasteiger partial charge in [0.2, 0.25) is 0 Å². The monoisotopic (exact) mass is 260 g/mol. The predicted octanol–water partition coefficient (Wildman–Crippen LogP) is 1.58. The molecule has 2 rings (SSSR count). The summed E-state index contributed by atoms with van der Waals surface area (Å²) in [5, 5.41) is 0.253. The van der Waals surface area contributed by atoms with Crippen molar-refractivity contribution in [3.8, 4) is 5.88 Å². The molecule has 0 amide bonds. The number of pyridine rings is 1. The van der Waals surface area contributed by atoms with Crippen LogP contribution in [0.2, 0.25) is 5.02 Å². The van der Waals surface area contributed by atoms with E-state index >= 15 is 0 Å². The van der Waals surface area contributed by atoms with Crippen molar-refractivity contribution in [1.29, 1.82) is 0 Å². The van der Waals surface area contributed by atoms with E-state index in [1.807, 2.05) is 7.05 Å². The molecule has 1 aliphatic rings. The lowest BCUT2D eigenvalue weighted by molar-refractivity contribution is -0.0415. The van der Waals surface area contributed by atoms with Gasteiger partial charge >= 0.3 is 0 Å². The van der Waals surface area contributed by atoms with E-state index in [9.17, 15) is 4.39 Å². The van der Waals surface area contributed by atoms with Gasteiger partial charge in [-0.1, -0.05) is 11.6 Å². The van der Waals surface area contributed by atoms with Crippen LogP contribution in [-0.2, 0) is 4.74 Å². The van der Waals surface area contributed by atoms with Crippen molar-refractivity contribution >= 4 is 11.6 Å². The highest BCUT2D eigenvalue weighted by Gasteiger charge is 2.19. The number of rotatable bonds is 3. The Kier molecular flexibility index (Phi) is 4.15. The molecule has 6 heteroatoms. The molecule has 1 aliphatic heterocycles. The van der Waals surface area contributed by atoms with E-state index in [4.69, 9.17) is 21.1 Å². The van der Waals surface area contributed by atoms with Gasteiger partial charge in [-0.15, -0.1) is 0 Å². The van der Waals surface area contributed by atoms with Gasteiger partial charge in [-0.3, -0.25) is 0 Å². The van der Waals surface area contributed by atoms with Gasteiger partial charge in [0.25, 0.3) is 5.88 Å². The molecule has 4 nitrogen and oxygen atoms in total. The SMILES string of the molecule is CN1CCOC(COc2ncc(Cl)cc2F)C1. The van der Waals surface area contributed by atoms with Crippen LogP contribution >= 0.6 is 11.6 Å². The largest absolute Gasteiger partial charge is 0.473 e. The molecule has 0 aliphatic carbocycles. The molecule has 1 aromatic heterocycles. The van der Waals surface area contributed by atoms with Gasteiger partial charge in [-0.25, -0.2) is 9.37 Å². The molecule has 17 heavy (non-hydrogen) atoms. The van der Waals surface area contributed by atoms with Crippen LogP contribution in [0.15, 0.2) is 12.3 Å². The minimum Gasteiger partial charge on any atom is -0.473 e. The first-order chi connectivity index (χ1) is 8.15. The average Bonchev–Trinajstić information content (AvgIpc) is 2.28. The van der Waals surface area contributed by atoms with Crippen molar-refractivity contribution in [3.05, 3.63) is 23.1 Å². The lowest BCUT2D eigenvalue weighted by Gasteiger charge is -2.29. The highest BCUT2D eigenvalue weighted by molar-refractivity contribution is 6.30. The van der Waals surface area contributed by atoms with Crippen LogP contribution in [0, 0.1) is 5.82 Å². The zero-order chi connectivity index (χ0) is 12.3. The van der Waals surface area contributed by atoms with Gasteiger partial charge in [-0.2, -0.15) is 0 Å². The fraction of sp³-hybridized carbons (Fsp3) is 0.545. The minimum absolute atomic E-state index is 0.0359. The summed E-state index contributed by atoms with van der Waals surface area (Å²) in [4.78, 5) is 5.92. The van der Waals surface area contributed by atoms with E-state index in [0.29, 0.717) is 6.61 Å². The minimum atomic E-state index is -0.554. The summed E-state index contributed by atoms with van der Waals surface area (Å²) >= 11 is 5.60. The number of ether oxygens (including phenoxy) is 2. The van der Waals surface area contributed by atoms with Gasteiger partial charge in [0, 0.05) is 19.3 Å². The quantitative estimate of drug-likeness (QED) is 0.827. The fourth-order valence-corrected chi connectivity index (χ4v) is 1.79. The third kappa shape index (κ3) is 3.52. The first kappa shape index (κ1) is 12.5. The van der Waals surface area contributed by atoms with Crippen molar-refractivity contribution < 1.29 is 13.9 Å². The molecule has 1 unspecified atom stereocenters. The van der Waals surface area contributed by atoms with E-state index in [0.717, 1.165) is 13.1 Å². The summed E-state index contributed by atoms with van der Waals surface area (Å²) in [6.07, 6.45) is 1.30. The molecule has 0 bridgehead atoms. The maximum atomic E-state index is 13.4. The van der Waals surface area contributed by atoms with Crippen LogP contribution in [0.3, 0.4) is 0 Å². The van der Waals surface area contributed by atoms with E-state index in [2.05, 4.69) is 9.88 Å². The Morgan fingerprint density at radius 1 is 1.71 bits per heavy atom. The van der Waals surface area contributed by atoms with Crippen molar-refractivity contribution in [2.24, 2.45) is 0 Å². The molecule has 1 fully saturated rings. The molecule has 0 spiro atoms. The summed E-state index contributed by atoms with van der Waals surface area (Å²) in [7, 11) is 2.01. The van der Waals surface area contributed by atoms with E-state index < -0.39 is 5.82 Å². The standard InChI is InChI=1S/C11H14ClFN2O2/c1-15-2-3-16-9(6-15)7-17-11-10(13)4-8(12)5-14-11/h4-5,9H,2-3,6-7H2,1H3. The van der Waals surface area contributed by atoms with Crippen molar-refractivity contribution in [3.63, 3.8) is 0 Å². The molecule has 94 valence electrons. The molecule has 0 N–H and O–H groups in total. The van der Waals surface area contributed by atoms with E-state index in [-0.39, 0.29) is 23.6 Å². The van der Waals surface area contributed by atoms with E-state index in [1.54, 1.807) is 0 Å². The molecule has 1 atom stereocenters. The van der Waals surface area contributed by atoms with Crippen LogP contribution in [-0.4, -0.2) is 49.3 Å². The maximum Gasteiger partial charge on any atom is 0.250 e. The van der Waals surface area contributed by atoms with Gasteiger partial charge in [0.05, 0.1) is 11.6 Å². The Morgan fingerprint density at radius 3 is 3.24 bits per heavy atom. The highest BCUT2D eigenvalue weighted by Crippen LogP contribution is 2.18. The Bertz CT molecular complexity index is 392. The fourth-order valence-electron chi connectivity index (χ4n) is 1.65. The van der Waals surface area contributed by atoms with Crippen LogP contribution in [0.4, 0.5) is 4.39 Å². The summed E-state index contributed by atoms with van der Waals surface area (Å²) in [6, 6.07) is 1.18. The van der Waals surface area contributed by atoms with Crippen molar-refractivity contribution in [2.45, 2.75) is 6.10 Å². The molecule has 1 saturated heterocycles. The zero-order valence-electron chi connectivity index (χ0n) is 9.53. The lowest BCUT2D eigenvalue weighted by atomic mass is 10.3. The number of nitrogens with zero attached hydrogens (tertiary/aromatic N) is 2.